The van der Waals surface area contributed by atoms with Gasteiger partial charge in [0.1, 0.15) is 0 Å². The molecule has 0 spiro atoms. The van der Waals surface area contributed by atoms with Crippen LogP contribution in [0.3, 0.4) is 0 Å². The normalized spacial score (nSPS) is 14.5. The predicted molar refractivity (Wildman–Crippen MR) is 140 cm³/mol. The number of hydrogen-bond acceptors (Lipinski definition) is 7. The molecule has 2 aromatic carbocycles. The molecule has 0 unspecified atom stereocenters. The van der Waals surface area contributed by atoms with Crippen molar-refractivity contribution in [3.05, 3.63) is 76.7 Å². The van der Waals surface area contributed by atoms with Crippen LogP contribution in [0.4, 0.5) is 30.2 Å². The van der Waals surface area contributed by atoms with Gasteiger partial charge in [0.2, 0.25) is 0 Å². The molecule has 1 saturated heterocycles. The molecule has 1 aliphatic heterocycles. The van der Waals surface area contributed by atoms with E-state index in [1.54, 1.807) is 41.0 Å². The zero-order valence-electron chi connectivity index (χ0n) is 21.3. The van der Waals surface area contributed by atoms with Crippen LogP contribution >= 0.6 is 0 Å². The van der Waals surface area contributed by atoms with Gasteiger partial charge in [-0.2, -0.15) is 18.3 Å². The fraction of sp³-hybridized carbons (Fsp3) is 0.308. The molecule has 38 heavy (non-hydrogen) atoms. The maximum Gasteiger partial charge on any atom is 0.416 e. The smallest absolute Gasteiger partial charge is 0.397 e. The van der Waals surface area contributed by atoms with Gasteiger partial charge < -0.3 is 20.7 Å². The summed E-state index contributed by atoms with van der Waals surface area (Å²) in [6.45, 7) is 5.43. The number of halogens is 3. The third-order valence-corrected chi connectivity index (χ3v) is 6.45. The number of anilines is 3. The van der Waals surface area contributed by atoms with Crippen LogP contribution in [0.5, 0.6) is 0 Å². The SMILES string of the molecule is Cc1ccc(C(=O)Nc2cc(N3CCOCC3)cc(C(F)(F)F)c2)cc1N(N)/C=C(\N)c1cnn(C)c1C. The minimum absolute atomic E-state index is 0.0363. The lowest BCUT2D eigenvalue weighted by Gasteiger charge is -2.29. The molecule has 1 fully saturated rings. The van der Waals surface area contributed by atoms with Crippen LogP contribution in [-0.2, 0) is 18.0 Å². The highest BCUT2D eigenvalue weighted by Gasteiger charge is 2.32. The number of rotatable bonds is 6. The van der Waals surface area contributed by atoms with Crippen LogP contribution in [-0.4, -0.2) is 42.0 Å². The Kier molecular flexibility index (Phi) is 7.65. The molecule has 1 aliphatic rings. The molecule has 1 aromatic heterocycles. The second-order valence-corrected chi connectivity index (χ2v) is 9.08. The van der Waals surface area contributed by atoms with Gasteiger partial charge in [0, 0.05) is 54.5 Å². The topological polar surface area (TPSA) is 115 Å². The molecule has 9 nitrogen and oxygen atoms in total. The Morgan fingerprint density at radius 2 is 1.87 bits per heavy atom. The summed E-state index contributed by atoms with van der Waals surface area (Å²) in [5.41, 5.74) is 9.22. The van der Waals surface area contributed by atoms with E-state index in [4.69, 9.17) is 16.3 Å². The maximum atomic E-state index is 13.6. The molecule has 0 saturated carbocycles. The van der Waals surface area contributed by atoms with Crippen LogP contribution < -0.4 is 26.8 Å². The summed E-state index contributed by atoms with van der Waals surface area (Å²) in [6, 6.07) is 8.37. The molecule has 0 radical (unpaired) electrons. The standard InChI is InChI=1S/C26H30F3N7O2/c1-16-4-5-18(10-24(16)36(31)15-23(30)22-14-32-34(3)17(22)2)25(37)33-20-11-19(26(27,28)29)12-21(13-20)35-6-8-38-9-7-35/h4-5,10-15H,6-9,30-31H2,1-3H3,(H,33,37)/b23-15-. The Hall–Kier alpha value is -4.03. The Morgan fingerprint density at radius 3 is 2.50 bits per heavy atom. The van der Waals surface area contributed by atoms with E-state index in [0.717, 1.165) is 29.0 Å². The van der Waals surface area contributed by atoms with Gasteiger partial charge in [-0.15, -0.1) is 0 Å². The number of nitrogens with two attached hydrogens (primary N) is 2. The van der Waals surface area contributed by atoms with Crippen LogP contribution in [0.2, 0.25) is 0 Å². The Balaban J connectivity index is 1.60. The largest absolute Gasteiger partial charge is 0.416 e. The first-order chi connectivity index (χ1) is 17.9. The summed E-state index contributed by atoms with van der Waals surface area (Å²) in [5, 5.41) is 8.08. The average Bonchev–Trinajstić information content (AvgIpc) is 3.22. The van der Waals surface area contributed by atoms with Crippen molar-refractivity contribution in [2.75, 3.05) is 41.5 Å². The molecule has 202 valence electrons. The molecule has 0 atom stereocenters. The minimum Gasteiger partial charge on any atom is -0.397 e. The maximum absolute atomic E-state index is 13.6. The Labute approximate surface area is 218 Å². The van der Waals surface area contributed by atoms with Gasteiger partial charge in [0.05, 0.1) is 36.4 Å². The number of nitrogens with zero attached hydrogens (tertiary/aromatic N) is 4. The zero-order chi connectivity index (χ0) is 27.6. The van der Waals surface area contributed by atoms with Crippen molar-refractivity contribution >= 4 is 28.7 Å². The number of nitrogens with one attached hydrogen (secondary N) is 1. The highest BCUT2D eigenvalue weighted by Crippen LogP contribution is 2.35. The second-order valence-electron chi connectivity index (χ2n) is 9.08. The first-order valence-corrected chi connectivity index (χ1v) is 11.9. The summed E-state index contributed by atoms with van der Waals surface area (Å²) >= 11 is 0. The number of morpholine rings is 1. The number of amides is 1. The van der Waals surface area contributed by atoms with Gasteiger partial charge in [0.25, 0.3) is 5.91 Å². The van der Waals surface area contributed by atoms with Gasteiger partial charge in [-0.3, -0.25) is 14.5 Å². The Bertz CT molecular complexity index is 1360. The molecule has 5 N–H and O–H groups in total. The highest BCUT2D eigenvalue weighted by atomic mass is 19.4. The summed E-state index contributed by atoms with van der Waals surface area (Å²) in [5.74, 6) is 5.68. The minimum atomic E-state index is -4.57. The number of aryl methyl sites for hydroxylation is 2. The number of benzene rings is 2. The van der Waals surface area contributed by atoms with Gasteiger partial charge >= 0.3 is 6.18 Å². The van der Waals surface area contributed by atoms with E-state index in [9.17, 15) is 18.0 Å². The first-order valence-electron chi connectivity index (χ1n) is 11.9. The number of aromatic nitrogens is 2. The second kappa shape index (κ2) is 10.8. The molecule has 1 amide bonds. The molecule has 0 bridgehead atoms. The lowest BCUT2D eigenvalue weighted by molar-refractivity contribution is -0.137. The van der Waals surface area contributed by atoms with Crippen molar-refractivity contribution in [1.82, 2.24) is 9.78 Å². The number of hydrazine groups is 1. The van der Waals surface area contributed by atoms with Crippen LogP contribution in [0.25, 0.3) is 5.70 Å². The van der Waals surface area contributed by atoms with E-state index in [1.807, 2.05) is 13.8 Å². The van der Waals surface area contributed by atoms with Gasteiger partial charge in [-0.1, -0.05) is 6.07 Å². The number of carbonyl (C=O) groups is 1. The quantitative estimate of drug-likeness (QED) is 0.329. The van der Waals surface area contributed by atoms with E-state index in [-0.39, 0.29) is 11.3 Å². The van der Waals surface area contributed by atoms with Crippen molar-refractivity contribution in [1.29, 1.82) is 0 Å². The van der Waals surface area contributed by atoms with Gasteiger partial charge in [-0.25, -0.2) is 5.84 Å². The lowest BCUT2D eigenvalue weighted by Crippen LogP contribution is -2.36. The molecule has 4 rings (SSSR count). The third kappa shape index (κ3) is 5.92. The van der Waals surface area contributed by atoms with Crippen molar-refractivity contribution in [2.24, 2.45) is 18.6 Å². The van der Waals surface area contributed by atoms with Crippen LogP contribution in [0.15, 0.2) is 48.8 Å². The number of hydrogen-bond donors (Lipinski definition) is 3. The summed E-state index contributed by atoms with van der Waals surface area (Å²) in [4.78, 5) is 14.9. The first kappa shape index (κ1) is 27.0. The molecular weight excluding hydrogens is 499 g/mol. The zero-order valence-corrected chi connectivity index (χ0v) is 21.3. The predicted octanol–water partition coefficient (Wildman–Crippen LogP) is 3.78. The lowest BCUT2D eigenvalue weighted by atomic mass is 10.1. The van der Waals surface area contributed by atoms with Crippen LogP contribution in [0, 0.1) is 13.8 Å². The summed E-state index contributed by atoms with van der Waals surface area (Å²) < 4.78 is 47.8. The summed E-state index contributed by atoms with van der Waals surface area (Å²) in [7, 11) is 1.80. The van der Waals surface area contributed by atoms with Crippen LogP contribution in [0.1, 0.15) is 32.7 Å². The van der Waals surface area contributed by atoms with E-state index < -0.39 is 17.6 Å². The van der Waals surface area contributed by atoms with Crippen molar-refractivity contribution in [3.63, 3.8) is 0 Å². The Morgan fingerprint density at radius 1 is 1.16 bits per heavy atom. The highest BCUT2D eigenvalue weighted by molar-refractivity contribution is 6.05. The van der Waals surface area contributed by atoms with Gasteiger partial charge in [0.15, 0.2) is 0 Å². The molecule has 12 heteroatoms. The van der Waals surface area contributed by atoms with Crippen molar-refractivity contribution in [3.8, 4) is 0 Å². The molecule has 0 aliphatic carbocycles. The monoisotopic (exact) mass is 529 g/mol. The third-order valence-electron chi connectivity index (χ3n) is 6.45. The molecule has 3 aromatic rings. The number of carbonyl (C=O) groups excluding carboxylic acids is 1. The van der Waals surface area contributed by atoms with E-state index in [0.29, 0.717) is 43.4 Å². The molecular formula is C26H30F3N7O2. The number of alkyl halides is 3. The average molecular weight is 530 g/mol. The summed E-state index contributed by atoms with van der Waals surface area (Å²) in [6.07, 6.45) is -1.42. The van der Waals surface area contributed by atoms with E-state index >= 15 is 0 Å². The fourth-order valence-electron chi connectivity index (χ4n) is 4.15. The number of ether oxygens (including phenoxy) is 1. The van der Waals surface area contributed by atoms with Crippen molar-refractivity contribution < 1.29 is 22.7 Å². The van der Waals surface area contributed by atoms with E-state index in [1.165, 1.54) is 17.3 Å². The van der Waals surface area contributed by atoms with Gasteiger partial charge in [-0.05, 0) is 49.7 Å². The van der Waals surface area contributed by atoms with E-state index in [2.05, 4.69) is 10.4 Å². The molecule has 2 heterocycles. The fourth-order valence-corrected chi connectivity index (χ4v) is 4.15. The van der Waals surface area contributed by atoms with Crippen molar-refractivity contribution in [2.45, 2.75) is 20.0 Å².